The summed E-state index contributed by atoms with van der Waals surface area (Å²) < 4.78 is 27.4. The van der Waals surface area contributed by atoms with Gasteiger partial charge < -0.3 is 0 Å². The standard InChI is InChI=1S/C14H14ClNO3S2/c1-10(17)11-2-5-13(6-3-11)21(18,19)16-9-8-12-4-7-14(15)20-12/h2-7,16H,8-9H2,1H3. The summed E-state index contributed by atoms with van der Waals surface area (Å²) in [5, 5.41) is 0. The van der Waals surface area contributed by atoms with Crippen LogP contribution in [0.4, 0.5) is 0 Å². The lowest BCUT2D eigenvalue weighted by atomic mass is 10.2. The van der Waals surface area contributed by atoms with Gasteiger partial charge in [-0.3, -0.25) is 4.79 Å². The first-order valence-corrected chi connectivity index (χ1v) is 8.91. The molecule has 0 amide bonds. The zero-order valence-corrected chi connectivity index (χ0v) is 13.7. The lowest BCUT2D eigenvalue weighted by Crippen LogP contribution is -2.25. The van der Waals surface area contributed by atoms with Crippen LogP contribution in [-0.4, -0.2) is 20.7 Å². The highest BCUT2D eigenvalue weighted by atomic mass is 35.5. The summed E-state index contributed by atoms with van der Waals surface area (Å²) in [6.45, 7) is 1.74. The van der Waals surface area contributed by atoms with Crippen LogP contribution in [0, 0.1) is 0 Å². The van der Waals surface area contributed by atoms with E-state index in [9.17, 15) is 13.2 Å². The van der Waals surface area contributed by atoms with E-state index in [1.165, 1.54) is 42.5 Å². The van der Waals surface area contributed by atoms with Gasteiger partial charge in [-0.05, 0) is 37.6 Å². The van der Waals surface area contributed by atoms with E-state index in [-0.39, 0.29) is 10.7 Å². The highest BCUT2D eigenvalue weighted by molar-refractivity contribution is 7.89. The fraction of sp³-hybridized carbons (Fsp3) is 0.214. The second-order valence-corrected chi connectivity index (χ2v) is 8.00. The summed E-state index contributed by atoms with van der Waals surface area (Å²) in [7, 11) is -3.56. The van der Waals surface area contributed by atoms with Gasteiger partial charge in [-0.1, -0.05) is 23.7 Å². The Bertz CT molecular complexity index is 736. The zero-order valence-electron chi connectivity index (χ0n) is 11.3. The summed E-state index contributed by atoms with van der Waals surface area (Å²) in [4.78, 5) is 12.3. The number of hydrogen-bond donors (Lipinski definition) is 1. The molecule has 0 saturated heterocycles. The van der Waals surface area contributed by atoms with E-state index in [2.05, 4.69) is 4.72 Å². The Morgan fingerprint density at radius 1 is 1.19 bits per heavy atom. The van der Waals surface area contributed by atoms with Crippen LogP contribution in [0.5, 0.6) is 0 Å². The molecule has 1 aromatic carbocycles. The van der Waals surface area contributed by atoms with Crippen molar-refractivity contribution in [2.45, 2.75) is 18.2 Å². The van der Waals surface area contributed by atoms with E-state index in [4.69, 9.17) is 11.6 Å². The molecule has 0 bridgehead atoms. The number of benzene rings is 1. The van der Waals surface area contributed by atoms with Crippen LogP contribution >= 0.6 is 22.9 Å². The van der Waals surface area contributed by atoms with Gasteiger partial charge in [0.05, 0.1) is 9.23 Å². The molecule has 0 aliphatic heterocycles. The number of rotatable bonds is 6. The first-order chi connectivity index (χ1) is 9.88. The van der Waals surface area contributed by atoms with E-state index >= 15 is 0 Å². The number of thiophene rings is 1. The summed E-state index contributed by atoms with van der Waals surface area (Å²) >= 11 is 7.25. The molecule has 0 saturated carbocycles. The zero-order chi connectivity index (χ0) is 15.5. The molecule has 0 spiro atoms. The molecule has 1 aromatic heterocycles. The number of carbonyl (C=O) groups excluding carboxylic acids is 1. The van der Waals surface area contributed by atoms with Gasteiger partial charge in [0.1, 0.15) is 0 Å². The number of Topliss-reactive ketones (excluding diaryl/α,β-unsaturated/α-hetero) is 1. The minimum absolute atomic E-state index is 0.0959. The van der Waals surface area contributed by atoms with Crippen molar-refractivity contribution in [3.63, 3.8) is 0 Å². The Kier molecular flexibility index (Phi) is 5.16. The fourth-order valence-corrected chi connectivity index (χ4v) is 3.87. The third-order valence-corrected chi connectivity index (χ3v) is 5.63. The SMILES string of the molecule is CC(=O)c1ccc(S(=O)(=O)NCCc2ccc(Cl)s2)cc1. The first kappa shape index (κ1) is 16.2. The molecule has 0 atom stereocenters. The molecule has 0 unspecified atom stereocenters. The van der Waals surface area contributed by atoms with Gasteiger partial charge in [0.15, 0.2) is 5.78 Å². The number of sulfonamides is 1. The normalized spacial score (nSPS) is 11.5. The Morgan fingerprint density at radius 3 is 2.38 bits per heavy atom. The van der Waals surface area contributed by atoms with Crippen LogP contribution in [0.15, 0.2) is 41.3 Å². The monoisotopic (exact) mass is 343 g/mol. The van der Waals surface area contributed by atoms with Gasteiger partial charge in [-0.15, -0.1) is 11.3 Å². The van der Waals surface area contributed by atoms with Crippen LogP contribution in [0.1, 0.15) is 22.2 Å². The predicted octanol–water partition coefficient (Wildman–Crippen LogP) is 3.13. The molecule has 4 nitrogen and oxygen atoms in total. The quantitative estimate of drug-likeness (QED) is 0.819. The summed E-state index contributed by atoms with van der Waals surface area (Å²) in [6, 6.07) is 9.55. The van der Waals surface area contributed by atoms with Crippen LogP contribution < -0.4 is 4.72 Å². The summed E-state index contributed by atoms with van der Waals surface area (Å²) in [5.41, 5.74) is 0.488. The highest BCUT2D eigenvalue weighted by Crippen LogP contribution is 2.21. The molecule has 2 aromatic rings. The molecule has 1 N–H and O–H groups in total. The van der Waals surface area contributed by atoms with Gasteiger partial charge in [0.2, 0.25) is 10.0 Å². The van der Waals surface area contributed by atoms with E-state index in [0.717, 1.165) is 4.88 Å². The van der Waals surface area contributed by atoms with Crippen LogP contribution in [0.2, 0.25) is 4.34 Å². The largest absolute Gasteiger partial charge is 0.295 e. The maximum atomic E-state index is 12.1. The molecule has 7 heteroatoms. The molecule has 0 fully saturated rings. The number of nitrogens with one attached hydrogen (secondary N) is 1. The van der Waals surface area contributed by atoms with Crippen molar-refractivity contribution >= 4 is 38.7 Å². The lowest BCUT2D eigenvalue weighted by Gasteiger charge is -2.06. The number of ketones is 1. The Balaban J connectivity index is 1.99. The lowest BCUT2D eigenvalue weighted by molar-refractivity contribution is 0.101. The first-order valence-electron chi connectivity index (χ1n) is 6.23. The van der Waals surface area contributed by atoms with Crippen LogP contribution in [0.3, 0.4) is 0 Å². The highest BCUT2D eigenvalue weighted by Gasteiger charge is 2.13. The van der Waals surface area contributed by atoms with Gasteiger partial charge >= 0.3 is 0 Å². The smallest absolute Gasteiger partial charge is 0.240 e. The average molecular weight is 344 g/mol. The topological polar surface area (TPSA) is 63.2 Å². The van der Waals surface area contributed by atoms with Crippen molar-refractivity contribution in [1.82, 2.24) is 4.72 Å². The van der Waals surface area contributed by atoms with Gasteiger partial charge in [0, 0.05) is 17.0 Å². The Morgan fingerprint density at radius 2 is 1.86 bits per heavy atom. The number of hydrogen-bond acceptors (Lipinski definition) is 4. The minimum atomic E-state index is -3.56. The molecular weight excluding hydrogens is 330 g/mol. The molecule has 0 aliphatic rings. The molecular formula is C14H14ClNO3S2. The molecule has 112 valence electrons. The summed E-state index contributed by atoms with van der Waals surface area (Å²) in [6.07, 6.45) is 0.585. The minimum Gasteiger partial charge on any atom is -0.295 e. The van der Waals surface area contributed by atoms with Crippen molar-refractivity contribution in [3.05, 3.63) is 51.2 Å². The van der Waals surface area contributed by atoms with E-state index in [1.54, 1.807) is 6.07 Å². The Hall–Kier alpha value is -1.21. The molecule has 0 radical (unpaired) electrons. The third kappa shape index (κ3) is 4.38. The van der Waals surface area contributed by atoms with Gasteiger partial charge in [-0.2, -0.15) is 0 Å². The molecule has 0 aliphatic carbocycles. The molecule has 2 rings (SSSR count). The van der Waals surface area contributed by atoms with Crippen molar-refractivity contribution in [2.75, 3.05) is 6.54 Å². The van der Waals surface area contributed by atoms with Crippen molar-refractivity contribution in [2.24, 2.45) is 0 Å². The second-order valence-electron chi connectivity index (χ2n) is 4.43. The maximum absolute atomic E-state index is 12.1. The van der Waals surface area contributed by atoms with E-state index in [1.807, 2.05) is 6.07 Å². The molecule has 21 heavy (non-hydrogen) atoms. The second kappa shape index (κ2) is 6.70. The number of halogens is 1. The number of carbonyl (C=O) groups is 1. The van der Waals surface area contributed by atoms with Gasteiger partial charge in [0.25, 0.3) is 0 Å². The average Bonchev–Trinajstić information content (AvgIpc) is 2.84. The summed E-state index contributed by atoms with van der Waals surface area (Å²) in [5.74, 6) is -0.0959. The fourth-order valence-electron chi connectivity index (χ4n) is 1.75. The van der Waals surface area contributed by atoms with Crippen molar-refractivity contribution in [3.8, 4) is 0 Å². The van der Waals surface area contributed by atoms with E-state index < -0.39 is 10.0 Å². The van der Waals surface area contributed by atoms with Crippen molar-refractivity contribution < 1.29 is 13.2 Å². The third-order valence-electron chi connectivity index (χ3n) is 2.86. The van der Waals surface area contributed by atoms with Crippen molar-refractivity contribution in [1.29, 1.82) is 0 Å². The predicted molar refractivity (Wildman–Crippen MR) is 84.7 cm³/mol. The van der Waals surface area contributed by atoms with Crippen LogP contribution in [-0.2, 0) is 16.4 Å². The Labute approximate surface area is 132 Å². The van der Waals surface area contributed by atoms with Gasteiger partial charge in [-0.25, -0.2) is 13.1 Å². The molecule has 1 heterocycles. The maximum Gasteiger partial charge on any atom is 0.240 e. The van der Waals surface area contributed by atoms with Crippen LogP contribution in [0.25, 0.3) is 0 Å². The van der Waals surface area contributed by atoms with E-state index in [0.29, 0.717) is 22.9 Å².